The minimum atomic E-state index is -0.753. The normalized spacial score (nSPS) is 32.1. The average molecular weight is 222 g/mol. The van der Waals surface area contributed by atoms with Gasteiger partial charge in [0.1, 0.15) is 0 Å². The molecule has 88 valence electrons. The highest BCUT2D eigenvalue weighted by Crippen LogP contribution is 2.56. The van der Waals surface area contributed by atoms with E-state index in [2.05, 4.69) is 13.8 Å². The lowest BCUT2D eigenvalue weighted by atomic mass is 9.76. The molecular weight excluding hydrogens is 204 g/mol. The quantitative estimate of drug-likeness (QED) is 0.780. The number of hydrogen-bond donors (Lipinski definition) is 1. The van der Waals surface area contributed by atoms with Gasteiger partial charge < -0.3 is 5.11 Å². The van der Waals surface area contributed by atoms with Crippen LogP contribution >= 0.6 is 0 Å². The SMILES string of the molecule is CC1=C2CC(C)(C)[C@@H](CC(=O)O)[C@@H]2CC1=O. The van der Waals surface area contributed by atoms with Crippen LogP contribution in [0.2, 0.25) is 0 Å². The number of carbonyl (C=O) groups excluding carboxylic acids is 1. The number of ketones is 1. The number of hydrogen-bond acceptors (Lipinski definition) is 2. The maximum absolute atomic E-state index is 11.6. The third-order valence-electron chi connectivity index (χ3n) is 4.28. The van der Waals surface area contributed by atoms with Gasteiger partial charge in [0.25, 0.3) is 0 Å². The fraction of sp³-hybridized carbons (Fsp3) is 0.692. The van der Waals surface area contributed by atoms with E-state index in [1.165, 1.54) is 5.57 Å². The molecule has 0 amide bonds. The molecule has 2 aliphatic rings. The molecule has 2 atom stereocenters. The lowest BCUT2D eigenvalue weighted by molar-refractivity contribution is -0.139. The molecule has 0 bridgehead atoms. The largest absolute Gasteiger partial charge is 0.481 e. The standard InChI is InChI=1S/C13H18O3/c1-7-9-6-13(2,3)10(5-12(15)16)8(9)4-11(7)14/h8,10H,4-6H2,1-3H3,(H,15,16)/t8-,10+/m1/s1. The molecule has 0 saturated heterocycles. The van der Waals surface area contributed by atoms with Gasteiger partial charge >= 0.3 is 5.97 Å². The smallest absolute Gasteiger partial charge is 0.303 e. The van der Waals surface area contributed by atoms with E-state index in [1.54, 1.807) is 0 Å². The number of carboxylic acid groups (broad SMARTS) is 1. The Balaban J connectivity index is 2.33. The second-order valence-corrected chi connectivity index (χ2v) is 5.75. The fourth-order valence-corrected chi connectivity index (χ4v) is 3.36. The molecule has 1 N–H and O–H groups in total. The first kappa shape index (κ1) is 11.4. The summed E-state index contributed by atoms with van der Waals surface area (Å²) in [5.74, 6) is -0.234. The van der Waals surface area contributed by atoms with Gasteiger partial charge in [-0.3, -0.25) is 9.59 Å². The Morgan fingerprint density at radius 3 is 2.69 bits per heavy atom. The molecule has 2 aliphatic carbocycles. The molecule has 1 fully saturated rings. The summed E-state index contributed by atoms with van der Waals surface area (Å²) in [4.78, 5) is 22.5. The zero-order chi connectivity index (χ0) is 12.1. The van der Waals surface area contributed by atoms with Gasteiger partial charge in [0.2, 0.25) is 0 Å². The maximum Gasteiger partial charge on any atom is 0.303 e. The highest BCUT2D eigenvalue weighted by Gasteiger charge is 2.49. The second-order valence-electron chi connectivity index (χ2n) is 5.75. The predicted octanol–water partition coefficient (Wildman–Crippen LogP) is 2.41. The summed E-state index contributed by atoms with van der Waals surface area (Å²) in [6.07, 6.45) is 1.59. The minimum Gasteiger partial charge on any atom is -0.481 e. The van der Waals surface area contributed by atoms with Crippen molar-refractivity contribution in [2.45, 2.75) is 40.0 Å². The number of aliphatic carboxylic acids is 1. The number of allylic oxidation sites excluding steroid dienone is 2. The highest BCUT2D eigenvalue weighted by atomic mass is 16.4. The van der Waals surface area contributed by atoms with Crippen molar-refractivity contribution in [3.8, 4) is 0 Å². The molecule has 3 nitrogen and oxygen atoms in total. The minimum absolute atomic E-state index is 0.0142. The lowest BCUT2D eigenvalue weighted by Gasteiger charge is -2.28. The fourth-order valence-electron chi connectivity index (χ4n) is 3.36. The Kier molecular flexibility index (Phi) is 2.44. The van der Waals surface area contributed by atoms with E-state index in [0.29, 0.717) is 6.42 Å². The Bertz CT molecular complexity index is 390. The monoisotopic (exact) mass is 222 g/mol. The number of fused-ring (bicyclic) bond motifs is 1. The van der Waals surface area contributed by atoms with Gasteiger partial charge in [-0.1, -0.05) is 19.4 Å². The highest BCUT2D eigenvalue weighted by molar-refractivity contribution is 5.99. The van der Waals surface area contributed by atoms with Crippen LogP contribution in [-0.2, 0) is 9.59 Å². The van der Waals surface area contributed by atoms with Crippen molar-refractivity contribution in [1.29, 1.82) is 0 Å². The van der Waals surface area contributed by atoms with Gasteiger partial charge in [0.15, 0.2) is 5.78 Å². The van der Waals surface area contributed by atoms with Gasteiger partial charge in [0.05, 0.1) is 0 Å². The summed E-state index contributed by atoms with van der Waals surface area (Å²) >= 11 is 0. The van der Waals surface area contributed by atoms with Crippen molar-refractivity contribution in [2.24, 2.45) is 17.3 Å². The summed E-state index contributed by atoms with van der Waals surface area (Å²) in [6, 6.07) is 0. The van der Waals surface area contributed by atoms with Crippen LogP contribution in [0, 0.1) is 17.3 Å². The first-order valence-corrected chi connectivity index (χ1v) is 5.77. The van der Waals surface area contributed by atoms with Crippen LogP contribution < -0.4 is 0 Å². The molecule has 3 heteroatoms. The number of Topliss-reactive ketones (excluding diaryl/α,β-unsaturated/α-hetero) is 1. The van der Waals surface area contributed by atoms with Crippen molar-refractivity contribution < 1.29 is 14.7 Å². The summed E-state index contributed by atoms with van der Waals surface area (Å²) in [5, 5.41) is 8.96. The van der Waals surface area contributed by atoms with E-state index >= 15 is 0 Å². The molecular formula is C13H18O3. The summed E-state index contributed by atoms with van der Waals surface area (Å²) in [5.41, 5.74) is 2.13. The molecule has 16 heavy (non-hydrogen) atoms. The molecule has 0 radical (unpaired) electrons. The Morgan fingerprint density at radius 1 is 1.50 bits per heavy atom. The Labute approximate surface area is 95.5 Å². The van der Waals surface area contributed by atoms with Crippen LogP contribution in [0.3, 0.4) is 0 Å². The molecule has 0 heterocycles. The molecule has 0 aliphatic heterocycles. The maximum atomic E-state index is 11.6. The predicted molar refractivity (Wildman–Crippen MR) is 60.0 cm³/mol. The first-order chi connectivity index (χ1) is 7.33. The molecule has 0 unspecified atom stereocenters. The van der Waals surface area contributed by atoms with Crippen LogP contribution in [-0.4, -0.2) is 16.9 Å². The van der Waals surface area contributed by atoms with E-state index in [9.17, 15) is 9.59 Å². The zero-order valence-electron chi connectivity index (χ0n) is 10.0. The number of carboxylic acids is 1. The van der Waals surface area contributed by atoms with Crippen LogP contribution in [0.1, 0.15) is 40.0 Å². The van der Waals surface area contributed by atoms with Gasteiger partial charge in [0, 0.05) is 12.8 Å². The average Bonchev–Trinajstić information content (AvgIpc) is 2.53. The van der Waals surface area contributed by atoms with E-state index in [1.807, 2.05) is 6.92 Å². The van der Waals surface area contributed by atoms with Gasteiger partial charge in [-0.05, 0) is 36.2 Å². The molecule has 1 saturated carbocycles. The second kappa shape index (κ2) is 3.44. The van der Waals surface area contributed by atoms with E-state index in [-0.39, 0.29) is 29.5 Å². The topological polar surface area (TPSA) is 54.4 Å². The third-order valence-corrected chi connectivity index (χ3v) is 4.28. The van der Waals surface area contributed by atoms with Gasteiger partial charge in [-0.2, -0.15) is 0 Å². The van der Waals surface area contributed by atoms with Crippen LogP contribution in [0.5, 0.6) is 0 Å². The van der Waals surface area contributed by atoms with E-state index in [0.717, 1.165) is 12.0 Å². The van der Waals surface area contributed by atoms with Crippen LogP contribution in [0.15, 0.2) is 11.1 Å². The van der Waals surface area contributed by atoms with E-state index in [4.69, 9.17) is 5.11 Å². The summed E-state index contributed by atoms with van der Waals surface area (Å²) in [7, 11) is 0. The summed E-state index contributed by atoms with van der Waals surface area (Å²) < 4.78 is 0. The Hall–Kier alpha value is -1.12. The molecule has 0 aromatic carbocycles. The molecule has 2 rings (SSSR count). The number of carbonyl (C=O) groups is 2. The van der Waals surface area contributed by atoms with Crippen molar-refractivity contribution >= 4 is 11.8 Å². The van der Waals surface area contributed by atoms with E-state index < -0.39 is 5.97 Å². The van der Waals surface area contributed by atoms with Gasteiger partial charge in [-0.25, -0.2) is 0 Å². The number of rotatable bonds is 2. The first-order valence-electron chi connectivity index (χ1n) is 5.77. The van der Waals surface area contributed by atoms with Crippen LogP contribution in [0.4, 0.5) is 0 Å². The molecule has 0 aromatic rings. The molecule has 0 spiro atoms. The van der Waals surface area contributed by atoms with Crippen LogP contribution in [0.25, 0.3) is 0 Å². The van der Waals surface area contributed by atoms with Crippen molar-refractivity contribution in [3.63, 3.8) is 0 Å². The third kappa shape index (κ3) is 1.58. The zero-order valence-corrected chi connectivity index (χ0v) is 10.0. The van der Waals surface area contributed by atoms with Crippen molar-refractivity contribution in [1.82, 2.24) is 0 Å². The van der Waals surface area contributed by atoms with Crippen molar-refractivity contribution in [3.05, 3.63) is 11.1 Å². The lowest BCUT2D eigenvalue weighted by Crippen LogP contribution is -2.25. The Morgan fingerprint density at radius 2 is 2.12 bits per heavy atom. The molecule has 0 aromatic heterocycles. The summed E-state index contributed by atoms with van der Waals surface area (Å²) in [6.45, 7) is 6.12. The van der Waals surface area contributed by atoms with Crippen molar-refractivity contribution in [2.75, 3.05) is 0 Å². The van der Waals surface area contributed by atoms with Gasteiger partial charge in [-0.15, -0.1) is 0 Å².